The van der Waals surface area contributed by atoms with E-state index in [1.165, 1.54) is 4.68 Å². The summed E-state index contributed by atoms with van der Waals surface area (Å²) in [5.74, 6) is 2.30. The van der Waals surface area contributed by atoms with E-state index in [4.69, 9.17) is 62.4 Å². The molecule has 0 spiro atoms. The van der Waals surface area contributed by atoms with E-state index in [-0.39, 0.29) is 0 Å². The third kappa shape index (κ3) is 8.68. The van der Waals surface area contributed by atoms with Gasteiger partial charge < -0.3 is 9.47 Å². The summed E-state index contributed by atoms with van der Waals surface area (Å²) in [5, 5.41) is 0. The van der Waals surface area contributed by atoms with E-state index in [9.17, 15) is 4.79 Å². The van der Waals surface area contributed by atoms with E-state index in [0.29, 0.717) is 19.6 Å². The van der Waals surface area contributed by atoms with Crippen LogP contribution in [0.2, 0.25) is 0 Å². The number of nitrogens with zero attached hydrogens (tertiary/aromatic N) is 3. The fourth-order valence-corrected chi connectivity index (χ4v) is 2.65. The van der Waals surface area contributed by atoms with Crippen molar-refractivity contribution in [1.82, 2.24) is 9.67 Å². The van der Waals surface area contributed by atoms with Gasteiger partial charge in [-0.3, -0.25) is 0 Å². The number of carbonyl (C=O) groups is 1. The number of aromatic nitrogens is 3. The summed E-state index contributed by atoms with van der Waals surface area (Å²) in [6.07, 6.45) is 1.88. The van der Waals surface area contributed by atoms with Gasteiger partial charge in [-0.05, 0) is 30.5 Å². The standard InChI is InChI=1S/C16H20N3O3.6ClH.Sb/c1-3-7-14-17-15-10-11-22-13-9-6-5-8-12(13)18(15)19(14)16(20)21-4-2;;;;;;;/h5-6,8-9H,3-4,7,10-11H2,1-2H3;6*1H;/q+1;;;;;;;+5/p-6. The van der Waals surface area contributed by atoms with Crippen LogP contribution in [0, 0.1) is 0 Å². The van der Waals surface area contributed by atoms with Gasteiger partial charge in [-0.25, -0.2) is 4.79 Å². The first-order valence-corrected chi connectivity index (χ1v) is 28.1. The number of carbonyl (C=O) groups excluding carboxylic acids is 1. The van der Waals surface area contributed by atoms with Crippen molar-refractivity contribution in [2.24, 2.45) is 0 Å². The van der Waals surface area contributed by atoms with Gasteiger partial charge in [0.05, 0.1) is 13.0 Å². The number of rotatable bonds is 3. The van der Waals surface area contributed by atoms with E-state index in [0.717, 1.165) is 35.9 Å². The summed E-state index contributed by atoms with van der Waals surface area (Å²) in [4.78, 5) is 17.1. The van der Waals surface area contributed by atoms with Gasteiger partial charge in [-0.1, -0.05) is 23.7 Å². The predicted molar refractivity (Wildman–Crippen MR) is 120 cm³/mol. The van der Waals surface area contributed by atoms with Gasteiger partial charge in [0.1, 0.15) is 6.61 Å². The van der Waals surface area contributed by atoms with Crippen molar-refractivity contribution in [3.8, 4) is 11.4 Å². The first kappa shape index (κ1) is 25.4. The third-order valence-electron chi connectivity index (χ3n) is 3.54. The van der Waals surface area contributed by atoms with Crippen LogP contribution in [-0.4, -0.2) is 38.1 Å². The predicted octanol–water partition coefficient (Wildman–Crippen LogP) is 5.81. The molecule has 0 radical (unpaired) electrons. The van der Waals surface area contributed by atoms with E-state index in [1.54, 1.807) is 6.92 Å². The Kier molecular flexibility index (Phi) is 7.87. The average molecular weight is 637 g/mol. The van der Waals surface area contributed by atoms with Crippen LogP contribution in [0.25, 0.3) is 5.69 Å². The molecule has 13 heteroatoms. The van der Waals surface area contributed by atoms with Crippen LogP contribution in [0.4, 0.5) is 4.79 Å². The summed E-state index contributed by atoms with van der Waals surface area (Å²) < 4.78 is 14.3. The van der Waals surface area contributed by atoms with Crippen LogP contribution in [0.3, 0.4) is 0 Å². The van der Waals surface area contributed by atoms with Crippen LogP contribution in [-0.2, 0) is 17.6 Å². The number of aryl methyl sites for hydroxylation is 1. The van der Waals surface area contributed by atoms with Crippen molar-refractivity contribution in [2.45, 2.75) is 33.1 Å². The second kappa shape index (κ2) is 8.97. The van der Waals surface area contributed by atoms with Gasteiger partial charge in [-0.15, -0.1) is 4.68 Å². The Hall–Kier alpha value is 0.188. The monoisotopic (exact) mass is 633 g/mol. The van der Waals surface area contributed by atoms with Crippen LogP contribution in [0.15, 0.2) is 24.3 Å². The maximum absolute atomic E-state index is 12.4. The van der Waals surface area contributed by atoms with Crippen LogP contribution in [0.1, 0.15) is 31.9 Å². The Labute approximate surface area is 189 Å². The van der Waals surface area contributed by atoms with Crippen molar-refractivity contribution in [3.05, 3.63) is 35.9 Å². The fraction of sp³-hybridized carbons (Fsp3) is 0.438. The average Bonchev–Trinajstić information content (AvgIpc) is 2.81. The summed E-state index contributed by atoms with van der Waals surface area (Å²) in [6.45, 7) is 4.74. The summed E-state index contributed by atoms with van der Waals surface area (Å²) in [7, 11) is 25.0. The molecule has 0 atom stereocenters. The van der Waals surface area contributed by atoms with Crippen molar-refractivity contribution in [3.63, 3.8) is 0 Å². The van der Waals surface area contributed by atoms with Gasteiger partial charge in [0.15, 0.2) is 11.4 Å². The summed E-state index contributed by atoms with van der Waals surface area (Å²) >= 11 is 0. The van der Waals surface area contributed by atoms with E-state index >= 15 is 0 Å². The quantitative estimate of drug-likeness (QED) is 0.316. The molecule has 1 aromatic heterocycles. The Morgan fingerprint density at radius 2 is 1.83 bits per heavy atom. The Bertz CT molecular complexity index is 888. The molecule has 29 heavy (non-hydrogen) atoms. The van der Waals surface area contributed by atoms with Gasteiger partial charge in [0.2, 0.25) is 0 Å². The molecule has 1 aromatic carbocycles. The normalized spacial score (nSPS) is 15.3. The molecular formula is C16H20Cl6N3O3Sb. The van der Waals surface area contributed by atoms with Gasteiger partial charge in [0, 0.05) is 6.42 Å². The topological polar surface area (TPSA) is 57.2 Å². The molecule has 1 aliphatic rings. The van der Waals surface area contributed by atoms with Crippen molar-refractivity contribution < 1.29 is 19.0 Å². The second-order valence-corrected chi connectivity index (χ2v) is 62.9. The number of para-hydroxylation sites is 2. The minimum absolute atomic E-state index is 0.329. The Morgan fingerprint density at radius 1 is 1.21 bits per heavy atom. The van der Waals surface area contributed by atoms with Crippen molar-refractivity contribution >= 4 is 68.2 Å². The Morgan fingerprint density at radius 3 is 2.41 bits per heavy atom. The molecule has 2 aromatic rings. The fourth-order valence-electron chi connectivity index (χ4n) is 2.65. The molecule has 6 nitrogen and oxygen atoms in total. The third-order valence-corrected chi connectivity index (χ3v) is 3.54. The zero-order chi connectivity index (χ0) is 21.9. The molecule has 164 valence electrons. The van der Waals surface area contributed by atoms with Gasteiger partial charge in [-0.2, -0.15) is 0 Å². The molecule has 0 bridgehead atoms. The molecule has 0 amide bonds. The first-order chi connectivity index (χ1) is 13.2. The number of hydrogen-bond acceptors (Lipinski definition) is 4. The summed E-state index contributed by atoms with van der Waals surface area (Å²) in [5.41, 5.74) is 0.818. The molecule has 0 saturated carbocycles. The van der Waals surface area contributed by atoms with Crippen molar-refractivity contribution in [1.29, 1.82) is 0 Å². The van der Waals surface area contributed by atoms with Gasteiger partial charge >= 0.3 is 74.0 Å². The number of halogens is 6. The molecule has 0 aliphatic carbocycles. The minimum atomic E-state index is -5.42. The molecule has 2 heterocycles. The van der Waals surface area contributed by atoms with Crippen LogP contribution >= 0.6 is 53.0 Å². The number of fused-ring (bicyclic) bond motifs is 3. The molecule has 0 unspecified atom stereocenters. The molecule has 0 saturated heterocycles. The zero-order valence-corrected chi connectivity index (χ0v) is 22.7. The maximum atomic E-state index is 12.4. The molecule has 1 aliphatic heterocycles. The number of benzene rings is 1. The van der Waals surface area contributed by atoms with Crippen molar-refractivity contribution in [2.75, 3.05) is 13.2 Å². The molecule has 0 fully saturated rings. The van der Waals surface area contributed by atoms with Crippen LogP contribution in [0.5, 0.6) is 5.75 Å². The molecule has 0 N–H and O–H groups in total. The van der Waals surface area contributed by atoms with Crippen LogP contribution < -0.4 is 9.42 Å². The van der Waals surface area contributed by atoms with E-state index in [1.807, 2.05) is 28.9 Å². The molecular weight excluding hydrogens is 617 g/mol. The number of ether oxygens (including phenoxy) is 2. The zero-order valence-electron chi connectivity index (χ0n) is 15.6. The van der Waals surface area contributed by atoms with E-state index < -0.39 is 15.2 Å². The summed E-state index contributed by atoms with van der Waals surface area (Å²) in [6, 6.07) is 7.67. The van der Waals surface area contributed by atoms with Gasteiger partial charge in [0.25, 0.3) is 5.82 Å². The SMILES string of the molecule is CCCc1nc2[n+](n1C(=O)OCC)-c1ccccc1OCC2.[Cl][Sb-]([Cl])([Cl])([Cl])([Cl])[Cl]. The number of hydrogen-bond donors (Lipinski definition) is 0. The molecule has 3 rings (SSSR count). The Balaban J connectivity index is 0.000000370. The van der Waals surface area contributed by atoms with E-state index in [2.05, 4.69) is 11.9 Å². The first-order valence-electron chi connectivity index (χ1n) is 8.69. The second-order valence-electron chi connectivity index (χ2n) is 6.04.